The first kappa shape index (κ1) is 9.74. The summed E-state index contributed by atoms with van der Waals surface area (Å²) >= 11 is 0. The van der Waals surface area contributed by atoms with Crippen LogP contribution in [0.2, 0.25) is 0 Å². The normalized spacial score (nSPS) is 19.2. The van der Waals surface area contributed by atoms with E-state index < -0.39 is 0 Å². The number of hydrazine groups is 1. The number of nitrogens with one attached hydrogen (secondary N) is 1. The second-order valence-corrected chi connectivity index (χ2v) is 4.23. The highest BCUT2D eigenvalue weighted by Gasteiger charge is 2.21. The zero-order valence-electron chi connectivity index (χ0n) is 8.41. The summed E-state index contributed by atoms with van der Waals surface area (Å²) in [6, 6.07) is 2.41. The standard InChI is InChI=1S/C11H18N2O/c12-13-11(6-9-2-1-3-9)7-10-4-5-14-8-10/h4-5,8-9,11,13H,1-3,6-7,12H2. The Hall–Kier alpha value is -0.800. The van der Waals surface area contributed by atoms with Gasteiger partial charge in [-0.15, -0.1) is 0 Å². The topological polar surface area (TPSA) is 51.2 Å². The minimum Gasteiger partial charge on any atom is -0.472 e. The van der Waals surface area contributed by atoms with Crippen molar-refractivity contribution in [1.29, 1.82) is 0 Å². The zero-order chi connectivity index (χ0) is 9.80. The summed E-state index contributed by atoms with van der Waals surface area (Å²) in [6.45, 7) is 0. The van der Waals surface area contributed by atoms with Crippen molar-refractivity contribution in [2.24, 2.45) is 11.8 Å². The Bertz CT molecular complexity index is 254. The Morgan fingerprint density at radius 1 is 1.57 bits per heavy atom. The van der Waals surface area contributed by atoms with Gasteiger partial charge in [0, 0.05) is 6.04 Å². The summed E-state index contributed by atoms with van der Waals surface area (Å²) in [7, 11) is 0. The molecule has 0 bridgehead atoms. The van der Waals surface area contributed by atoms with E-state index in [1.807, 2.05) is 6.07 Å². The van der Waals surface area contributed by atoms with Crippen LogP contribution < -0.4 is 11.3 Å². The summed E-state index contributed by atoms with van der Waals surface area (Å²) in [6.07, 6.45) is 9.84. The third kappa shape index (κ3) is 2.36. The van der Waals surface area contributed by atoms with Crippen LogP contribution in [-0.2, 0) is 6.42 Å². The molecular weight excluding hydrogens is 176 g/mol. The molecule has 1 unspecified atom stereocenters. The Labute approximate surface area is 84.6 Å². The van der Waals surface area contributed by atoms with Crippen LogP contribution in [0.25, 0.3) is 0 Å². The molecule has 0 amide bonds. The van der Waals surface area contributed by atoms with Crippen molar-refractivity contribution in [1.82, 2.24) is 5.43 Å². The molecule has 0 radical (unpaired) electrons. The largest absolute Gasteiger partial charge is 0.472 e. The third-order valence-electron chi connectivity index (χ3n) is 3.14. The molecule has 3 nitrogen and oxygen atoms in total. The summed E-state index contributed by atoms with van der Waals surface area (Å²) < 4.78 is 5.04. The lowest BCUT2D eigenvalue weighted by Crippen LogP contribution is -2.39. The minimum absolute atomic E-state index is 0.401. The van der Waals surface area contributed by atoms with Crippen molar-refractivity contribution in [3.8, 4) is 0 Å². The zero-order valence-corrected chi connectivity index (χ0v) is 8.41. The molecule has 1 aliphatic carbocycles. The highest BCUT2D eigenvalue weighted by molar-refractivity contribution is 5.07. The van der Waals surface area contributed by atoms with Crippen LogP contribution in [0.15, 0.2) is 23.0 Å². The van der Waals surface area contributed by atoms with Gasteiger partial charge in [-0.25, -0.2) is 0 Å². The highest BCUT2D eigenvalue weighted by atomic mass is 16.3. The van der Waals surface area contributed by atoms with E-state index in [-0.39, 0.29) is 0 Å². The van der Waals surface area contributed by atoms with E-state index in [2.05, 4.69) is 5.43 Å². The molecule has 0 aromatic carbocycles. The number of furan rings is 1. The van der Waals surface area contributed by atoms with Gasteiger partial charge in [0.1, 0.15) is 0 Å². The van der Waals surface area contributed by atoms with Crippen molar-refractivity contribution >= 4 is 0 Å². The maximum atomic E-state index is 5.54. The van der Waals surface area contributed by atoms with E-state index in [0.717, 1.165) is 12.3 Å². The number of hydrogen-bond donors (Lipinski definition) is 2. The summed E-state index contributed by atoms with van der Waals surface area (Å²) in [5, 5.41) is 0. The van der Waals surface area contributed by atoms with Gasteiger partial charge in [0.05, 0.1) is 12.5 Å². The fourth-order valence-corrected chi connectivity index (χ4v) is 2.03. The molecule has 0 saturated heterocycles. The Morgan fingerprint density at radius 2 is 2.43 bits per heavy atom. The summed E-state index contributed by atoms with van der Waals surface area (Å²) in [4.78, 5) is 0. The first-order chi connectivity index (χ1) is 6.88. The lowest BCUT2D eigenvalue weighted by Gasteiger charge is -2.29. The fraction of sp³-hybridized carbons (Fsp3) is 0.636. The van der Waals surface area contributed by atoms with Crippen LogP contribution in [0.3, 0.4) is 0 Å². The average molecular weight is 194 g/mol. The van der Waals surface area contributed by atoms with Crippen LogP contribution >= 0.6 is 0 Å². The molecule has 1 aromatic heterocycles. The number of rotatable bonds is 5. The van der Waals surface area contributed by atoms with Gasteiger partial charge in [0.25, 0.3) is 0 Å². The lowest BCUT2D eigenvalue weighted by molar-refractivity contribution is 0.259. The summed E-state index contributed by atoms with van der Waals surface area (Å²) in [5.74, 6) is 6.43. The van der Waals surface area contributed by atoms with Crippen molar-refractivity contribution in [2.45, 2.75) is 38.1 Å². The Balaban J connectivity index is 1.80. The minimum atomic E-state index is 0.401. The molecule has 3 N–H and O–H groups in total. The van der Waals surface area contributed by atoms with E-state index in [4.69, 9.17) is 10.3 Å². The smallest absolute Gasteiger partial charge is 0.0935 e. The second-order valence-electron chi connectivity index (χ2n) is 4.23. The van der Waals surface area contributed by atoms with E-state index in [1.54, 1.807) is 12.5 Å². The van der Waals surface area contributed by atoms with Gasteiger partial charge in [-0.05, 0) is 30.4 Å². The number of hydrogen-bond acceptors (Lipinski definition) is 3. The van der Waals surface area contributed by atoms with Crippen molar-refractivity contribution in [2.75, 3.05) is 0 Å². The van der Waals surface area contributed by atoms with E-state index in [0.29, 0.717) is 6.04 Å². The molecule has 0 aliphatic heterocycles. The molecule has 0 spiro atoms. The van der Waals surface area contributed by atoms with Crippen molar-refractivity contribution in [3.05, 3.63) is 24.2 Å². The molecule has 1 atom stereocenters. The maximum Gasteiger partial charge on any atom is 0.0935 e. The SMILES string of the molecule is NNC(Cc1ccoc1)CC1CCC1. The predicted octanol–water partition coefficient (Wildman–Crippen LogP) is 1.84. The maximum absolute atomic E-state index is 5.54. The van der Waals surface area contributed by atoms with E-state index >= 15 is 0 Å². The monoisotopic (exact) mass is 194 g/mol. The molecule has 3 heteroatoms. The van der Waals surface area contributed by atoms with Gasteiger partial charge in [0.15, 0.2) is 0 Å². The van der Waals surface area contributed by atoms with E-state index in [9.17, 15) is 0 Å². The first-order valence-corrected chi connectivity index (χ1v) is 5.35. The van der Waals surface area contributed by atoms with Crippen LogP contribution in [-0.4, -0.2) is 6.04 Å². The predicted molar refractivity (Wildman–Crippen MR) is 55.5 cm³/mol. The molecular formula is C11H18N2O. The van der Waals surface area contributed by atoms with Crippen LogP contribution in [0.5, 0.6) is 0 Å². The number of nitrogens with two attached hydrogens (primary N) is 1. The Kier molecular flexibility index (Phi) is 3.22. The third-order valence-corrected chi connectivity index (χ3v) is 3.14. The van der Waals surface area contributed by atoms with Gasteiger partial charge in [0.2, 0.25) is 0 Å². The molecule has 1 heterocycles. The molecule has 1 saturated carbocycles. The molecule has 1 aliphatic rings. The molecule has 2 rings (SSSR count). The molecule has 1 fully saturated rings. The second kappa shape index (κ2) is 4.62. The van der Waals surface area contributed by atoms with Crippen LogP contribution in [0.4, 0.5) is 0 Å². The van der Waals surface area contributed by atoms with Crippen LogP contribution in [0, 0.1) is 5.92 Å². The Morgan fingerprint density at radius 3 is 2.93 bits per heavy atom. The van der Waals surface area contributed by atoms with Gasteiger partial charge in [-0.1, -0.05) is 19.3 Å². The van der Waals surface area contributed by atoms with Gasteiger partial charge >= 0.3 is 0 Å². The van der Waals surface area contributed by atoms with Gasteiger partial charge in [-0.3, -0.25) is 11.3 Å². The molecule has 78 valence electrons. The van der Waals surface area contributed by atoms with Gasteiger partial charge < -0.3 is 4.42 Å². The average Bonchev–Trinajstić information content (AvgIpc) is 2.61. The van der Waals surface area contributed by atoms with Gasteiger partial charge in [-0.2, -0.15) is 0 Å². The fourth-order valence-electron chi connectivity index (χ4n) is 2.03. The van der Waals surface area contributed by atoms with Crippen molar-refractivity contribution in [3.63, 3.8) is 0 Å². The summed E-state index contributed by atoms with van der Waals surface area (Å²) in [5.41, 5.74) is 4.13. The lowest BCUT2D eigenvalue weighted by atomic mass is 9.80. The molecule has 14 heavy (non-hydrogen) atoms. The quantitative estimate of drug-likeness (QED) is 0.555. The highest BCUT2D eigenvalue weighted by Crippen LogP contribution is 2.30. The molecule has 1 aromatic rings. The van der Waals surface area contributed by atoms with Crippen molar-refractivity contribution < 1.29 is 4.42 Å². The first-order valence-electron chi connectivity index (χ1n) is 5.35. The van der Waals surface area contributed by atoms with E-state index in [1.165, 1.54) is 31.2 Å². The van der Waals surface area contributed by atoms with Crippen LogP contribution in [0.1, 0.15) is 31.2 Å².